The second kappa shape index (κ2) is 9.19. The molecule has 2 N–H and O–H groups in total. The van der Waals surface area contributed by atoms with Crippen molar-refractivity contribution in [3.63, 3.8) is 0 Å². The summed E-state index contributed by atoms with van der Waals surface area (Å²) in [7, 11) is 1.51. The number of anilines is 1. The minimum absolute atomic E-state index is 0.0378. The normalized spacial score (nSPS) is 10.8. The molecule has 0 aliphatic heterocycles. The highest BCUT2D eigenvalue weighted by Crippen LogP contribution is 2.31. The molecule has 0 unspecified atom stereocenters. The number of hydrogen-bond donors (Lipinski definition) is 2. The van der Waals surface area contributed by atoms with Crippen LogP contribution in [0.3, 0.4) is 0 Å². The van der Waals surface area contributed by atoms with Crippen molar-refractivity contribution in [2.75, 3.05) is 24.9 Å². The van der Waals surface area contributed by atoms with Gasteiger partial charge in [-0.15, -0.1) is 11.6 Å². The molecule has 1 rings (SSSR count). The Morgan fingerprint density at radius 3 is 2.82 bits per heavy atom. The van der Waals surface area contributed by atoms with Crippen LogP contribution in [0.15, 0.2) is 23.9 Å². The Hall–Kier alpha value is -1.90. The molecular weight excluding hydrogens is 325 g/mol. The zero-order chi connectivity index (χ0) is 16.5. The van der Waals surface area contributed by atoms with Crippen molar-refractivity contribution < 1.29 is 9.53 Å². The summed E-state index contributed by atoms with van der Waals surface area (Å²) >= 11 is 11.6. The van der Waals surface area contributed by atoms with E-state index in [2.05, 4.69) is 10.6 Å². The number of nitrogens with zero attached hydrogens (tertiary/aromatic N) is 1. The fourth-order valence-electron chi connectivity index (χ4n) is 1.61. The first-order valence-corrected chi connectivity index (χ1v) is 7.49. The Bertz CT molecular complexity index is 610. The van der Waals surface area contributed by atoms with Crippen molar-refractivity contribution in [3.05, 3.63) is 34.5 Å². The predicted octanol–water partition coefficient (Wildman–Crippen LogP) is 3.22. The number of benzene rings is 1. The first kappa shape index (κ1) is 18.1. The lowest BCUT2D eigenvalue weighted by Crippen LogP contribution is -2.26. The molecule has 22 heavy (non-hydrogen) atoms. The van der Waals surface area contributed by atoms with Crippen molar-refractivity contribution >= 4 is 34.8 Å². The van der Waals surface area contributed by atoms with Crippen molar-refractivity contribution in [1.82, 2.24) is 5.32 Å². The van der Waals surface area contributed by atoms with E-state index in [0.717, 1.165) is 5.56 Å². The summed E-state index contributed by atoms with van der Waals surface area (Å²) in [6.45, 7) is 2.27. The van der Waals surface area contributed by atoms with Gasteiger partial charge in [-0.05, 0) is 25.0 Å². The quantitative estimate of drug-likeness (QED) is 0.345. The van der Waals surface area contributed by atoms with Gasteiger partial charge in [-0.3, -0.25) is 4.79 Å². The van der Waals surface area contributed by atoms with Crippen molar-refractivity contribution in [1.29, 1.82) is 5.26 Å². The summed E-state index contributed by atoms with van der Waals surface area (Å²) in [4.78, 5) is 11.8. The fourth-order valence-corrected chi connectivity index (χ4v) is 1.89. The molecule has 0 radical (unpaired) electrons. The molecule has 7 heteroatoms. The fraction of sp³-hybridized carbons (Fsp3) is 0.333. The minimum Gasteiger partial charge on any atom is -0.495 e. The van der Waals surface area contributed by atoms with E-state index in [9.17, 15) is 4.79 Å². The molecule has 118 valence electrons. The summed E-state index contributed by atoms with van der Waals surface area (Å²) in [5, 5.41) is 15.1. The standard InChI is InChI=1S/C15H17Cl2N3O2/c1-10-6-13(14(22-2)7-12(10)17)20-9-11(8-18)15(21)19-5-3-4-16/h6-7,9,20H,3-5H2,1-2H3,(H,19,21)/b11-9-. The molecule has 0 spiro atoms. The smallest absolute Gasteiger partial charge is 0.263 e. The van der Waals surface area contributed by atoms with Gasteiger partial charge in [-0.2, -0.15) is 5.26 Å². The van der Waals surface area contributed by atoms with E-state index in [1.807, 2.05) is 13.0 Å². The van der Waals surface area contributed by atoms with Crippen molar-refractivity contribution in [3.8, 4) is 11.8 Å². The number of amides is 1. The molecule has 0 heterocycles. The SMILES string of the molecule is COc1cc(Cl)c(C)cc1N/C=C(/C#N)C(=O)NCCCCl. The number of nitriles is 1. The molecule has 0 aliphatic carbocycles. The molecule has 5 nitrogen and oxygen atoms in total. The summed E-state index contributed by atoms with van der Waals surface area (Å²) in [6.07, 6.45) is 1.98. The highest BCUT2D eigenvalue weighted by Gasteiger charge is 2.10. The Morgan fingerprint density at radius 2 is 2.23 bits per heavy atom. The number of carbonyl (C=O) groups excluding carboxylic acids is 1. The molecule has 0 fully saturated rings. The average Bonchev–Trinajstić information content (AvgIpc) is 2.51. The molecule has 0 aromatic heterocycles. The lowest BCUT2D eigenvalue weighted by Gasteiger charge is -2.11. The second-order valence-corrected chi connectivity index (χ2v) is 5.20. The maximum atomic E-state index is 11.8. The van der Waals surface area contributed by atoms with E-state index in [1.165, 1.54) is 13.3 Å². The Balaban J connectivity index is 2.87. The van der Waals surface area contributed by atoms with Gasteiger partial charge in [0.25, 0.3) is 5.91 Å². The van der Waals surface area contributed by atoms with Crippen LogP contribution in [0.1, 0.15) is 12.0 Å². The number of aryl methyl sites for hydroxylation is 1. The lowest BCUT2D eigenvalue weighted by atomic mass is 10.2. The Kier molecular flexibility index (Phi) is 7.58. The third kappa shape index (κ3) is 5.14. The summed E-state index contributed by atoms with van der Waals surface area (Å²) < 4.78 is 5.21. The minimum atomic E-state index is -0.454. The van der Waals surface area contributed by atoms with Gasteiger partial charge in [0.15, 0.2) is 0 Å². The first-order chi connectivity index (χ1) is 10.5. The van der Waals surface area contributed by atoms with E-state index in [-0.39, 0.29) is 5.57 Å². The van der Waals surface area contributed by atoms with Crippen LogP contribution in [0.25, 0.3) is 0 Å². The zero-order valence-electron chi connectivity index (χ0n) is 12.4. The molecule has 1 aromatic rings. The van der Waals surface area contributed by atoms with Crippen LogP contribution >= 0.6 is 23.2 Å². The van der Waals surface area contributed by atoms with E-state index in [1.54, 1.807) is 12.1 Å². The van der Waals surface area contributed by atoms with Gasteiger partial charge in [0.05, 0.1) is 12.8 Å². The Morgan fingerprint density at radius 1 is 1.50 bits per heavy atom. The van der Waals surface area contributed by atoms with Gasteiger partial charge in [0.1, 0.15) is 17.4 Å². The third-order valence-electron chi connectivity index (χ3n) is 2.81. The molecule has 1 aromatic carbocycles. The largest absolute Gasteiger partial charge is 0.495 e. The molecule has 0 saturated carbocycles. The van der Waals surface area contributed by atoms with Crippen LogP contribution in [-0.4, -0.2) is 25.4 Å². The summed E-state index contributed by atoms with van der Waals surface area (Å²) in [6, 6.07) is 5.29. The van der Waals surface area contributed by atoms with Crippen LogP contribution in [0.4, 0.5) is 5.69 Å². The number of nitrogens with one attached hydrogen (secondary N) is 2. The molecule has 1 amide bonds. The van der Waals surface area contributed by atoms with Gasteiger partial charge < -0.3 is 15.4 Å². The van der Waals surface area contributed by atoms with Gasteiger partial charge in [-0.1, -0.05) is 11.6 Å². The number of carbonyl (C=O) groups is 1. The van der Waals surface area contributed by atoms with E-state index >= 15 is 0 Å². The van der Waals surface area contributed by atoms with E-state index in [4.69, 9.17) is 33.2 Å². The van der Waals surface area contributed by atoms with Gasteiger partial charge >= 0.3 is 0 Å². The van der Waals surface area contributed by atoms with Gasteiger partial charge in [0, 0.05) is 29.7 Å². The van der Waals surface area contributed by atoms with Crippen LogP contribution in [0.5, 0.6) is 5.75 Å². The van der Waals surface area contributed by atoms with Crippen LogP contribution in [0, 0.1) is 18.3 Å². The number of ether oxygens (including phenoxy) is 1. The number of methoxy groups -OCH3 is 1. The number of hydrogen-bond acceptors (Lipinski definition) is 4. The Labute approximate surface area is 139 Å². The van der Waals surface area contributed by atoms with Gasteiger partial charge in [0.2, 0.25) is 0 Å². The topological polar surface area (TPSA) is 74.1 Å². The van der Waals surface area contributed by atoms with Gasteiger partial charge in [-0.25, -0.2) is 0 Å². The zero-order valence-corrected chi connectivity index (χ0v) is 13.9. The summed E-state index contributed by atoms with van der Waals surface area (Å²) in [5.74, 6) is 0.516. The highest BCUT2D eigenvalue weighted by molar-refractivity contribution is 6.31. The third-order valence-corrected chi connectivity index (χ3v) is 3.49. The summed E-state index contributed by atoms with van der Waals surface area (Å²) in [5.41, 5.74) is 1.43. The molecular formula is C15H17Cl2N3O2. The highest BCUT2D eigenvalue weighted by atomic mass is 35.5. The lowest BCUT2D eigenvalue weighted by molar-refractivity contribution is -0.117. The molecule has 0 saturated heterocycles. The maximum Gasteiger partial charge on any atom is 0.263 e. The first-order valence-electron chi connectivity index (χ1n) is 6.58. The maximum absolute atomic E-state index is 11.8. The molecule has 0 aliphatic rings. The average molecular weight is 342 g/mol. The number of halogens is 2. The van der Waals surface area contributed by atoms with E-state index in [0.29, 0.717) is 35.3 Å². The van der Waals surface area contributed by atoms with Crippen molar-refractivity contribution in [2.45, 2.75) is 13.3 Å². The number of rotatable bonds is 7. The number of alkyl halides is 1. The van der Waals surface area contributed by atoms with Crippen molar-refractivity contribution in [2.24, 2.45) is 0 Å². The monoisotopic (exact) mass is 341 g/mol. The van der Waals surface area contributed by atoms with Crippen LogP contribution < -0.4 is 15.4 Å². The molecule has 0 atom stereocenters. The second-order valence-electron chi connectivity index (χ2n) is 4.41. The molecule has 0 bridgehead atoms. The predicted molar refractivity (Wildman–Crippen MR) is 88.4 cm³/mol. The van der Waals surface area contributed by atoms with Crippen LogP contribution in [-0.2, 0) is 4.79 Å². The van der Waals surface area contributed by atoms with Crippen LogP contribution in [0.2, 0.25) is 5.02 Å². The van der Waals surface area contributed by atoms with E-state index < -0.39 is 5.91 Å².